The van der Waals surface area contributed by atoms with Gasteiger partial charge < -0.3 is 15.0 Å². The predicted molar refractivity (Wildman–Crippen MR) is 85.1 cm³/mol. The summed E-state index contributed by atoms with van der Waals surface area (Å²) in [5.41, 5.74) is 8.18. The van der Waals surface area contributed by atoms with Crippen molar-refractivity contribution in [2.75, 3.05) is 6.61 Å². The summed E-state index contributed by atoms with van der Waals surface area (Å²) in [6.07, 6.45) is 6.29. The van der Waals surface area contributed by atoms with Crippen molar-refractivity contribution in [1.29, 1.82) is 0 Å². The van der Waals surface area contributed by atoms with Crippen LogP contribution in [0.2, 0.25) is 0 Å². The van der Waals surface area contributed by atoms with Gasteiger partial charge in [-0.3, -0.25) is 0 Å². The fourth-order valence-electron chi connectivity index (χ4n) is 3.27. The summed E-state index contributed by atoms with van der Waals surface area (Å²) in [5.74, 6) is 2.16. The van der Waals surface area contributed by atoms with Crippen molar-refractivity contribution in [2.24, 2.45) is 5.73 Å². The number of rotatable bonds is 2. The Hall–Kier alpha value is -1.59. The van der Waals surface area contributed by atoms with Crippen LogP contribution < -0.4 is 10.5 Å². The van der Waals surface area contributed by atoms with Gasteiger partial charge in [-0.15, -0.1) is 12.4 Å². The molecule has 2 heterocycles. The van der Waals surface area contributed by atoms with Crippen molar-refractivity contribution >= 4 is 12.4 Å². The maximum absolute atomic E-state index is 6.45. The SMILES string of the molecule is Cl.NC1(c2nc(-c3ccc4c(c3)CCO4)no2)CCCCC1. The first-order valence-corrected chi connectivity index (χ1v) is 7.64. The lowest BCUT2D eigenvalue weighted by atomic mass is 9.82. The molecule has 2 aliphatic rings. The lowest BCUT2D eigenvalue weighted by Crippen LogP contribution is -2.38. The average Bonchev–Trinajstić information content (AvgIpc) is 3.17. The van der Waals surface area contributed by atoms with E-state index in [0.29, 0.717) is 11.7 Å². The number of fused-ring (bicyclic) bond motifs is 1. The van der Waals surface area contributed by atoms with Gasteiger partial charge in [0.25, 0.3) is 0 Å². The molecule has 0 amide bonds. The molecule has 1 saturated carbocycles. The zero-order chi connectivity index (χ0) is 14.3. The van der Waals surface area contributed by atoms with Crippen LogP contribution in [0.25, 0.3) is 11.4 Å². The van der Waals surface area contributed by atoms with Crippen molar-refractivity contribution in [2.45, 2.75) is 44.1 Å². The molecule has 0 atom stereocenters. The molecule has 6 heteroatoms. The average molecular weight is 322 g/mol. The lowest BCUT2D eigenvalue weighted by Gasteiger charge is -2.29. The minimum absolute atomic E-state index is 0. The van der Waals surface area contributed by atoms with Crippen molar-refractivity contribution in [3.05, 3.63) is 29.7 Å². The molecule has 0 bridgehead atoms. The molecule has 0 radical (unpaired) electrons. The number of benzene rings is 1. The van der Waals surface area contributed by atoms with Crippen LogP contribution in [-0.2, 0) is 12.0 Å². The zero-order valence-electron chi connectivity index (χ0n) is 12.4. The van der Waals surface area contributed by atoms with Gasteiger partial charge in [-0.05, 0) is 36.6 Å². The van der Waals surface area contributed by atoms with E-state index >= 15 is 0 Å². The molecule has 4 rings (SSSR count). The maximum Gasteiger partial charge on any atom is 0.247 e. The van der Waals surface area contributed by atoms with Crippen LogP contribution >= 0.6 is 12.4 Å². The summed E-state index contributed by atoms with van der Waals surface area (Å²) >= 11 is 0. The van der Waals surface area contributed by atoms with Crippen LogP contribution in [0.3, 0.4) is 0 Å². The monoisotopic (exact) mass is 321 g/mol. The highest BCUT2D eigenvalue weighted by molar-refractivity contribution is 5.85. The smallest absolute Gasteiger partial charge is 0.247 e. The Morgan fingerprint density at radius 2 is 1.95 bits per heavy atom. The molecule has 2 aromatic rings. The van der Waals surface area contributed by atoms with Gasteiger partial charge in [-0.2, -0.15) is 4.98 Å². The van der Waals surface area contributed by atoms with Crippen LogP contribution in [-0.4, -0.2) is 16.7 Å². The predicted octanol–water partition coefficient (Wildman–Crippen LogP) is 3.21. The number of nitrogens with two attached hydrogens (primary N) is 1. The fourth-order valence-corrected chi connectivity index (χ4v) is 3.27. The number of ether oxygens (including phenoxy) is 1. The van der Waals surface area contributed by atoms with Gasteiger partial charge in [-0.25, -0.2) is 0 Å². The molecule has 1 aromatic carbocycles. The Kier molecular flexibility index (Phi) is 4.10. The minimum atomic E-state index is -0.441. The number of aromatic nitrogens is 2. The second-order valence-electron chi connectivity index (χ2n) is 6.06. The molecule has 118 valence electrons. The van der Waals surface area contributed by atoms with Crippen LogP contribution in [0, 0.1) is 0 Å². The van der Waals surface area contributed by atoms with Gasteiger partial charge in [0.05, 0.1) is 12.1 Å². The van der Waals surface area contributed by atoms with E-state index in [2.05, 4.69) is 16.2 Å². The van der Waals surface area contributed by atoms with Crippen molar-refractivity contribution in [1.82, 2.24) is 10.1 Å². The summed E-state index contributed by atoms with van der Waals surface area (Å²) in [6.45, 7) is 0.752. The second-order valence-corrected chi connectivity index (χ2v) is 6.06. The third-order valence-electron chi connectivity index (χ3n) is 4.55. The third-order valence-corrected chi connectivity index (χ3v) is 4.55. The molecule has 1 aliphatic carbocycles. The molecule has 0 unspecified atom stereocenters. The highest BCUT2D eigenvalue weighted by Gasteiger charge is 2.35. The van der Waals surface area contributed by atoms with Crippen molar-refractivity contribution < 1.29 is 9.26 Å². The van der Waals surface area contributed by atoms with Gasteiger partial charge in [0.15, 0.2) is 0 Å². The largest absolute Gasteiger partial charge is 0.493 e. The fraction of sp³-hybridized carbons (Fsp3) is 0.500. The van der Waals surface area contributed by atoms with Crippen LogP contribution in [0.1, 0.15) is 43.6 Å². The summed E-state index contributed by atoms with van der Waals surface area (Å²) in [6, 6.07) is 6.04. The van der Waals surface area contributed by atoms with Crippen LogP contribution in [0.4, 0.5) is 0 Å². The molecule has 1 aliphatic heterocycles. The van der Waals surface area contributed by atoms with Gasteiger partial charge in [0, 0.05) is 12.0 Å². The van der Waals surface area contributed by atoms with E-state index in [4.69, 9.17) is 15.0 Å². The number of halogens is 1. The first-order chi connectivity index (χ1) is 10.2. The maximum atomic E-state index is 6.45. The minimum Gasteiger partial charge on any atom is -0.493 e. The normalized spacial score (nSPS) is 19.1. The standard InChI is InChI=1S/C16H19N3O2.ClH/c17-16(7-2-1-3-8-16)15-18-14(19-21-15)12-4-5-13-11(10-12)6-9-20-13;/h4-5,10H,1-3,6-9,17H2;1H. The van der Waals surface area contributed by atoms with E-state index < -0.39 is 5.54 Å². The molecule has 1 aromatic heterocycles. The second kappa shape index (κ2) is 5.89. The van der Waals surface area contributed by atoms with Crippen molar-refractivity contribution in [3.63, 3.8) is 0 Å². The molecule has 1 fully saturated rings. The Morgan fingerprint density at radius 1 is 1.14 bits per heavy atom. The molecular weight excluding hydrogens is 302 g/mol. The molecule has 0 spiro atoms. The highest BCUT2D eigenvalue weighted by atomic mass is 35.5. The van der Waals surface area contributed by atoms with E-state index in [1.807, 2.05) is 12.1 Å². The zero-order valence-corrected chi connectivity index (χ0v) is 13.2. The Bertz CT molecular complexity index is 665. The summed E-state index contributed by atoms with van der Waals surface area (Å²) in [7, 11) is 0. The third kappa shape index (κ3) is 2.59. The Morgan fingerprint density at radius 3 is 2.77 bits per heavy atom. The van der Waals surface area contributed by atoms with Gasteiger partial charge >= 0.3 is 0 Å². The first-order valence-electron chi connectivity index (χ1n) is 7.64. The lowest BCUT2D eigenvalue weighted by molar-refractivity contribution is 0.220. The number of nitrogens with zero attached hydrogens (tertiary/aromatic N) is 2. The number of hydrogen-bond acceptors (Lipinski definition) is 5. The highest BCUT2D eigenvalue weighted by Crippen LogP contribution is 2.35. The molecular formula is C16H20ClN3O2. The van der Waals surface area contributed by atoms with E-state index in [0.717, 1.165) is 50.0 Å². The molecule has 5 nitrogen and oxygen atoms in total. The molecule has 22 heavy (non-hydrogen) atoms. The Balaban J connectivity index is 0.00000144. The molecule has 2 N–H and O–H groups in total. The molecule has 0 saturated heterocycles. The summed E-state index contributed by atoms with van der Waals surface area (Å²) in [5, 5.41) is 4.13. The topological polar surface area (TPSA) is 74.2 Å². The van der Waals surface area contributed by atoms with E-state index in [1.54, 1.807) is 0 Å². The van der Waals surface area contributed by atoms with Gasteiger partial charge in [-0.1, -0.05) is 24.4 Å². The van der Waals surface area contributed by atoms with Crippen LogP contribution in [0.15, 0.2) is 22.7 Å². The van der Waals surface area contributed by atoms with E-state index in [1.165, 1.54) is 12.0 Å². The van der Waals surface area contributed by atoms with E-state index in [-0.39, 0.29) is 12.4 Å². The quantitative estimate of drug-likeness (QED) is 0.919. The van der Waals surface area contributed by atoms with Crippen LogP contribution in [0.5, 0.6) is 5.75 Å². The van der Waals surface area contributed by atoms with Crippen molar-refractivity contribution in [3.8, 4) is 17.1 Å². The summed E-state index contributed by atoms with van der Waals surface area (Å²) < 4.78 is 11.0. The first kappa shape index (κ1) is 15.3. The number of hydrogen-bond donors (Lipinski definition) is 1. The Labute approximate surface area is 135 Å². The van der Waals surface area contributed by atoms with Gasteiger partial charge in [0.1, 0.15) is 5.75 Å². The van der Waals surface area contributed by atoms with E-state index in [9.17, 15) is 0 Å². The summed E-state index contributed by atoms with van der Waals surface area (Å²) in [4.78, 5) is 4.56. The van der Waals surface area contributed by atoms with Gasteiger partial charge in [0.2, 0.25) is 11.7 Å².